The van der Waals surface area contributed by atoms with Crippen LogP contribution in [0.4, 0.5) is 11.4 Å². The summed E-state index contributed by atoms with van der Waals surface area (Å²) in [4.78, 5) is 14.0. The van der Waals surface area contributed by atoms with Gasteiger partial charge in [0.2, 0.25) is 5.91 Å². The van der Waals surface area contributed by atoms with Gasteiger partial charge in [-0.1, -0.05) is 48.9 Å². The predicted octanol–water partition coefficient (Wildman–Crippen LogP) is 5.25. The molecule has 31 heavy (non-hydrogen) atoms. The second-order valence-corrected chi connectivity index (χ2v) is 10.3. The zero-order valence-corrected chi connectivity index (χ0v) is 19.5. The molecule has 0 fully saturated rings. The summed E-state index contributed by atoms with van der Waals surface area (Å²) in [6.07, 6.45) is 0. The van der Waals surface area contributed by atoms with E-state index in [1.165, 1.54) is 0 Å². The van der Waals surface area contributed by atoms with Crippen LogP contribution in [-0.2, 0) is 14.8 Å². The van der Waals surface area contributed by atoms with Crippen molar-refractivity contribution in [1.29, 1.82) is 0 Å². The second kappa shape index (κ2) is 10.0. The highest BCUT2D eigenvalue weighted by molar-refractivity contribution is 7.99. The van der Waals surface area contributed by atoms with Crippen LogP contribution in [0.15, 0.2) is 82.6 Å². The fourth-order valence-corrected chi connectivity index (χ4v) is 5.28. The smallest absolute Gasteiger partial charge is 0.264 e. The first kappa shape index (κ1) is 22.9. The van der Waals surface area contributed by atoms with Crippen molar-refractivity contribution in [2.75, 3.05) is 21.9 Å². The number of amides is 1. The van der Waals surface area contributed by atoms with Crippen LogP contribution in [0.2, 0.25) is 0 Å². The Morgan fingerprint density at radius 3 is 2.32 bits per heavy atom. The van der Waals surface area contributed by atoms with Gasteiger partial charge in [-0.25, -0.2) is 8.42 Å². The van der Waals surface area contributed by atoms with E-state index in [0.29, 0.717) is 11.4 Å². The van der Waals surface area contributed by atoms with Crippen molar-refractivity contribution in [3.05, 3.63) is 83.9 Å². The molecule has 1 N–H and O–H groups in total. The van der Waals surface area contributed by atoms with E-state index < -0.39 is 15.9 Å². The predicted molar refractivity (Wildman–Crippen MR) is 128 cm³/mol. The van der Waals surface area contributed by atoms with E-state index in [2.05, 4.69) is 5.32 Å². The summed E-state index contributed by atoms with van der Waals surface area (Å²) < 4.78 is 28.1. The molecule has 0 aliphatic heterocycles. The van der Waals surface area contributed by atoms with Crippen LogP contribution in [0.3, 0.4) is 0 Å². The fourth-order valence-electron chi connectivity index (χ4n) is 3.11. The molecule has 3 aromatic carbocycles. The maximum Gasteiger partial charge on any atom is 0.264 e. The van der Waals surface area contributed by atoms with E-state index in [4.69, 9.17) is 0 Å². The summed E-state index contributed by atoms with van der Waals surface area (Å²) in [6.45, 7) is 5.49. The molecule has 0 atom stereocenters. The van der Waals surface area contributed by atoms with Crippen molar-refractivity contribution in [3.63, 3.8) is 0 Å². The lowest BCUT2D eigenvalue weighted by molar-refractivity contribution is -0.114. The van der Waals surface area contributed by atoms with Crippen molar-refractivity contribution in [1.82, 2.24) is 0 Å². The molecule has 0 heterocycles. The molecular weight excluding hydrogens is 428 g/mol. The molecule has 0 unspecified atom stereocenters. The minimum atomic E-state index is -3.93. The molecule has 1 amide bonds. The largest absolute Gasteiger partial charge is 0.323 e. The molecule has 5 nitrogen and oxygen atoms in total. The Morgan fingerprint density at radius 2 is 1.65 bits per heavy atom. The molecule has 162 valence electrons. The van der Waals surface area contributed by atoms with Crippen molar-refractivity contribution in [2.24, 2.45) is 0 Å². The first-order valence-corrected chi connectivity index (χ1v) is 12.4. The Kier molecular flexibility index (Phi) is 7.41. The molecule has 0 aliphatic carbocycles. The van der Waals surface area contributed by atoms with E-state index in [9.17, 15) is 13.2 Å². The lowest BCUT2D eigenvalue weighted by Crippen LogP contribution is -2.38. The molecule has 7 heteroatoms. The second-order valence-electron chi connectivity index (χ2n) is 7.14. The highest BCUT2D eigenvalue weighted by Gasteiger charge is 2.27. The number of rotatable bonds is 8. The van der Waals surface area contributed by atoms with Crippen LogP contribution >= 0.6 is 11.8 Å². The number of sulfonamides is 1. The molecular formula is C24H26N2O3S2. The highest BCUT2D eigenvalue weighted by atomic mass is 32.2. The standard InChI is InChI=1S/C24H26N2O3S2/c1-4-30-23-11-6-5-10-22(23)25-24(27)17-26(20-9-7-8-19(3)16-20)31(28,29)21-14-12-18(2)13-15-21/h5-16H,4,17H2,1-3H3,(H,25,27). The quantitative estimate of drug-likeness (QED) is 0.472. The number of anilines is 2. The lowest BCUT2D eigenvalue weighted by Gasteiger charge is -2.24. The van der Waals surface area contributed by atoms with Crippen molar-refractivity contribution in [3.8, 4) is 0 Å². The summed E-state index contributed by atoms with van der Waals surface area (Å²) in [6, 6.07) is 21.3. The number of para-hydroxylation sites is 1. The molecule has 3 aromatic rings. The van der Waals surface area contributed by atoms with Crippen molar-refractivity contribution >= 4 is 39.1 Å². The van der Waals surface area contributed by atoms with Gasteiger partial charge in [0.05, 0.1) is 16.3 Å². The highest BCUT2D eigenvalue weighted by Crippen LogP contribution is 2.28. The first-order valence-electron chi connectivity index (χ1n) is 9.99. The maximum absolute atomic E-state index is 13.5. The van der Waals surface area contributed by atoms with Gasteiger partial charge in [0.15, 0.2) is 0 Å². The van der Waals surface area contributed by atoms with Crippen molar-refractivity contribution in [2.45, 2.75) is 30.6 Å². The van der Waals surface area contributed by atoms with Gasteiger partial charge in [0.25, 0.3) is 10.0 Å². The summed E-state index contributed by atoms with van der Waals surface area (Å²) >= 11 is 1.62. The Labute approximate surface area is 188 Å². The van der Waals surface area contributed by atoms with Crippen LogP contribution in [0.1, 0.15) is 18.1 Å². The number of nitrogens with zero attached hydrogens (tertiary/aromatic N) is 1. The normalized spacial score (nSPS) is 11.2. The zero-order valence-electron chi connectivity index (χ0n) is 17.8. The van der Waals surface area contributed by atoms with Crippen LogP contribution in [-0.4, -0.2) is 26.6 Å². The molecule has 0 bridgehead atoms. The minimum Gasteiger partial charge on any atom is -0.323 e. The van der Waals surface area contributed by atoms with Gasteiger partial charge < -0.3 is 5.32 Å². The topological polar surface area (TPSA) is 66.5 Å². The third-order valence-electron chi connectivity index (χ3n) is 4.65. The third kappa shape index (κ3) is 5.68. The zero-order chi connectivity index (χ0) is 22.4. The summed E-state index contributed by atoms with van der Waals surface area (Å²) in [5.74, 6) is 0.464. The number of nitrogens with one attached hydrogen (secondary N) is 1. The number of thioether (sulfide) groups is 1. The van der Waals surface area contributed by atoms with Gasteiger partial charge in [-0.15, -0.1) is 11.8 Å². The van der Waals surface area contributed by atoms with Gasteiger partial charge in [0, 0.05) is 4.90 Å². The third-order valence-corrected chi connectivity index (χ3v) is 7.39. The molecule has 0 saturated carbocycles. The molecule has 0 aromatic heterocycles. The van der Waals surface area contributed by atoms with Gasteiger partial charge in [0.1, 0.15) is 6.54 Å². The SMILES string of the molecule is CCSc1ccccc1NC(=O)CN(c1cccc(C)c1)S(=O)(=O)c1ccc(C)cc1. The minimum absolute atomic E-state index is 0.148. The average Bonchev–Trinajstić information content (AvgIpc) is 2.74. The Hall–Kier alpha value is -2.77. The summed E-state index contributed by atoms with van der Waals surface area (Å²) in [5.41, 5.74) is 3.00. The van der Waals surface area contributed by atoms with Crippen LogP contribution in [0.5, 0.6) is 0 Å². The lowest BCUT2D eigenvalue weighted by atomic mass is 10.2. The van der Waals surface area contributed by atoms with Gasteiger partial charge >= 0.3 is 0 Å². The molecule has 3 rings (SSSR count). The number of hydrogen-bond donors (Lipinski definition) is 1. The first-order chi connectivity index (χ1) is 14.8. The summed E-state index contributed by atoms with van der Waals surface area (Å²) in [5, 5.41) is 2.88. The van der Waals surface area contributed by atoms with E-state index in [1.807, 2.05) is 51.1 Å². The molecule has 0 saturated heterocycles. The number of aryl methyl sites for hydroxylation is 2. The number of carbonyl (C=O) groups is 1. The Balaban J connectivity index is 1.94. The van der Waals surface area contributed by atoms with E-state index >= 15 is 0 Å². The number of carbonyl (C=O) groups excluding carboxylic acids is 1. The van der Waals surface area contributed by atoms with Gasteiger partial charge in [-0.3, -0.25) is 9.10 Å². The monoisotopic (exact) mass is 454 g/mol. The molecule has 0 aliphatic rings. The van der Waals surface area contributed by atoms with Gasteiger partial charge in [-0.05, 0) is 61.6 Å². The average molecular weight is 455 g/mol. The van der Waals surface area contributed by atoms with Crippen LogP contribution in [0, 0.1) is 13.8 Å². The fraction of sp³-hybridized carbons (Fsp3) is 0.208. The maximum atomic E-state index is 13.5. The van der Waals surface area contributed by atoms with Crippen molar-refractivity contribution < 1.29 is 13.2 Å². The van der Waals surface area contributed by atoms with Gasteiger partial charge in [-0.2, -0.15) is 0 Å². The van der Waals surface area contributed by atoms with Crippen LogP contribution < -0.4 is 9.62 Å². The van der Waals surface area contributed by atoms with Crippen LogP contribution in [0.25, 0.3) is 0 Å². The number of benzene rings is 3. The van der Waals surface area contributed by atoms with E-state index in [-0.39, 0.29) is 11.4 Å². The molecule has 0 spiro atoms. The number of hydrogen-bond acceptors (Lipinski definition) is 4. The van der Waals surface area contributed by atoms with E-state index in [0.717, 1.165) is 26.1 Å². The summed E-state index contributed by atoms with van der Waals surface area (Å²) in [7, 11) is -3.93. The Bertz CT molecular complexity index is 1160. The molecule has 0 radical (unpaired) electrons. The van der Waals surface area contributed by atoms with E-state index in [1.54, 1.807) is 54.2 Å². The Morgan fingerprint density at radius 1 is 0.935 bits per heavy atom.